The standard InChI is InChI=1S/C24H18F34O2Si/c1-3-59-61(60-4-2,11(33)15(39,40)19(47,48)23(55,56)21(51,52)17(43,44)13(35,36)7(27)5(25)9(29)30)12(34)16(41,42)20(49,50)24(57,58)22(53,54)18(45,46)14(37,38)8(28)6(26)10(31)32/h5-12H,3-4H2,1-2H3. The maximum absolute atomic E-state index is 15.4. The van der Waals surface area contributed by atoms with Crippen LogP contribution in [-0.4, -0.2) is 142 Å². The molecule has 0 heterocycles. The monoisotopic (exact) mass is 1010 g/mol. The lowest BCUT2D eigenvalue weighted by atomic mass is 9.89. The van der Waals surface area contributed by atoms with Crippen molar-refractivity contribution in [2.24, 2.45) is 0 Å². The fourth-order valence-corrected chi connectivity index (χ4v) is 7.57. The predicted molar refractivity (Wildman–Crippen MR) is 130 cm³/mol. The summed E-state index contributed by atoms with van der Waals surface area (Å²) >= 11 is 0. The molecule has 368 valence electrons. The van der Waals surface area contributed by atoms with Gasteiger partial charge in [-0.3, -0.25) is 0 Å². The highest BCUT2D eigenvalue weighted by Crippen LogP contribution is 2.65. The lowest BCUT2D eigenvalue weighted by Crippen LogP contribution is -2.79. The van der Waals surface area contributed by atoms with E-state index in [-0.39, 0.29) is 13.8 Å². The highest BCUT2D eigenvalue weighted by molar-refractivity contribution is 6.70. The fraction of sp³-hybridized carbons (Fsp3) is 1.00. The van der Waals surface area contributed by atoms with E-state index < -0.39 is 142 Å². The van der Waals surface area contributed by atoms with Gasteiger partial charge in [-0.1, -0.05) is 0 Å². The molecule has 37 heteroatoms. The normalized spacial score (nSPS) is 19.0. The van der Waals surface area contributed by atoms with Crippen LogP contribution < -0.4 is 0 Å². The summed E-state index contributed by atoms with van der Waals surface area (Å²) < 4.78 is 482. The van der Waals surface area contributed by atoms with Crippen LogP contribution in [0.1, 0.15) is 13.8 Å². The van der Waals surface area contributed by atoms with Crippen molar-refractivity contribution in [3.8, 4) is 0 Å². The van der Waals surface area contributed by atoms with E-state index in [9.17, 15) is 140 Å². The minimum absolute atomic E-state index is 0.126. The number of rotatable bonds is 24. The Morgan fingerprint density at radius 2 is 0.492 bits per heavy atom. The van der Waals surface area contributed by atoms with E-state index in [0.29, 0.717) is 0 Å². The molecule has 6 atom stereocenters. The molecule has 6 unspecified atom stereocenters. The molecule has 0 fully saturated rings. The summed E-state index contributed by atoms with van der Waals surface area (Å²) in [7, 11) is -9.03. The van der Waals surface area contributed by atoms with Crippen molar-refractivity contribution in [3.05, 3.63) is 0 Å². The van der Waals surface area contributed by atoms with Crippen LogP contribution in [0.15, 0.2) is 0 Å². The first-order chi connectivity index (χ1) is 26.5. The molecule has 0 aromatic carbocycles. The van der Waals surface area contributed by atoms with E-state index >= 15 is 8.78 Å². The van der Waals surface area contributed by atoms with Crippen LogP contribution in [0.3, 0.4) is 0 Å². The van der Waals surface area contributed by atoms with Gasteiger partial charge in [-0.2, -0.15) is 105 Å². The minimum atomic E-state index is -9.36. The summed E-state index contributed by atoms with van der Waals surface area (Å²) in [6, 6.07) is 0. The lowest BCUT2D eigenvalue weighted by Gasteiger charge is -2.46. The van der Waals surface area contributed by atoms with Crippen LogP contribution >= 0.6 is 0 Å². The Bertz CT molecular complexity index is 1340. The molecular formula is C24H18F34O2Si. The van der Waals surface area contributed by atoms with Crippen LogP contribution in [0.4, 0.5) is 149 Å². The molecule has 0 N–H and O–H groups in total. The topological polar surface area (TPSA) is 18.5 Å². The molecule has 0 saturated carbocycles. The molecule has 61 heavy (non-hydrogen) atoms. The van der Waals surface area contributed by atoms with E-state index in [1.165, 1.54) is 0 Å². The molecule has 0 saturated heterocycles. The summed E-state index contributed by atoms with van der Waals surface area (Å²) in [6.07, 6.45) is -34.0. The van der Waals surface area contributed by atoms with Gasteiger partial charge in [0.15, 0.2) is 12.3 Å². The third-order valence-corrected chi connectivity index (χ3v) is 11.5. The Hall–Kier alpha value is -2.24. The Kier molecular flexibility index (Phi) is 16.6. The summed E-state index contributed by atoms with van der Waals surface area (Å²) in [5, 5.41) is 0. The van der Waals surface area contributed by atoms with Gasteiger partial charge >= 0.3 is 79.6 Å². The molecule has 0 aromatic heterocycles. The third-order valence-electron chi connectivity index (χ3n) is 7.86. The molecule has 2 nitrogen and oxygen atoms in total. The number of halogens is 34. The van der Waals surface area contributed by atoms with Crippen molar-refractivity contribution in [1.29, 1.82) is 0 Å². The zero-order chi connectivity index (χ0) is 49.9. The number of hydrogen-bond acceptors (Lipinski definition) is 2. The molecule has 0 aliphatic rings. The van der Waals surface area contributed by atoms with Gasteiger partial charge in [0, 0.05) is 13.2 Å². The van der Waals surface area contributed by atoms with Crippen LogP contribution in [0.25, 0.3) is 0 Å². The molecule has 0 aliphatic heterocycles. The van der Waals surface area contributed by atoms with E-state index in [4.69, 9.17) is 0 Å². The lowest BCUT2D eigenvalue weighted by molar-refractivity contribution is -0.434. The Balaban J connectivity index is 7.94. The van der Waals surface area contributed by atoms with Crippen LogP contribution in [0, 0.1) is 0 Å². The van der Waals surface area contributed by atoms with Gasteiger partial charge in [0.25, 0.3) is 12.9 Å². The second-order valence-corrected chi connectivity index (χ2v) is 14.8. The molecule has 0 rings (SSSR count). The quantitative estimate of drug-likeness (QED) is 0.0709. The van der Waals surface area contributed by atoms with Crippen molar-refractivity contribution < 1.29 is 158 Å². The molecule has 0 spiro atoms. The summed E-state index contributed by atoms with van der Waals surface area (Å²) in [6.45, 7) is -4.97. The SMILES string of the molecule is CCO[Si](OCC)(C(F)C(F)(F)C(F)(F)C(F)(F)C(F)(F)C(F)(F)C(F)(F)C(F)C(F)C(F)F)C(F)C(F)(F)C(F)(F)C(F)(F)C(F)(F)C(F)(F)C(F)(F)C(F)C(F)C(F)F. The van der Waals surface area contributed by atoms with Crippen molar-refractivity contribution in [2.75, 3.05) is 13.2 Å². The van der Waals surface area contributed by atoms with Gasteiger partial charge in [-0.15, -0.1) is 0 Å². The zero-order valence-electron chi connectivity index (χ0n) is 28.2. The van der Waals surface area contributed by atoms with E-state index in [1.807, 2.05) is 0 Å². The molecule has 0 radical (unpaired) electrons. The second-order valence-electron chi connectivity index (χ2n) is 11.8. The van der Waals surface area contributed by atoms with Crippen molar-refractivity contribution in [3.63, 3.8) is 0 Å². The van der Waals surface area contributed by atoms with Gasteiger partial charge < -0.3 is 8.85 Å². The summed E-state index contributed by atoms with van der Waals surface area (Å²) in [5.41, 5.74) is 0. The largest absolute Gasteiger partial charge is 0.422 e. The first kappa shape index (κ1) is 58.8. The van der Waals surface area contributed by atoms with Crippen molar-refractivity contribution in [1.82, 2.24) is 0 Å². The molecule has 0 amide bonds. The molecular weight excluding hydrogens is 994 g/mol. The second kappa shape index (κ2) is 17.3. The summed E-state index contributed by atoms with van der Waals surface area (Å²) in [4.78, 5) is 0. The highest BCUT2D eigenvalue weighted by atomic mass is 28.4. The maximum atomic E-state index is 15.4. The average molecular weight is 1010 g/mol. The average Bonchev–Trinajstić information content (AvgIpc) is 3.11. The molecule has 0 aliphatic carbocycles. The van der Waals surface area contributed by atoms with E-state index in [1.54, 1.807) is 0 Å². The van der Waals surface area contributed by atoms with Gasteiger partial charge in [-0.25, -0.2) is 43.9 Å². The van der Waals surface area contributed by atoms with Crippen molar-refractivity contribution in [2.45, 2.75) is 134 Å². The van der Waals surface area contributed by atoms with Gasteiger partial charge in [0.2, 0.25) is 23.9 Å². The maximum Gasteiger partial charge on any atom is 0.422 e. The van der Waals surface area contributed by atoms with Crippen LogP contribution in [-0.2, 0) is 8.85 Å². The first-order valence-electron chi connectivity index (χ1n) is 14.7. The number of hydrogen-bond donors (Lipinski definition) is 0. The molecule has 0 bridgehead atoms. The van der Waals surface area contributed by atoms with Gasteiger partial charge in [0.05, 0.1) is 0 Å². The van der Waals surface area contributed by atoms with Crippen LogP contribution in [0.5, 0.6) is 0 Å². The highest BCUT2D eigenvalue weighted by Gasteiger charge is 2.96. The smallest absolute Gasteiger partial charge is 0.391 e. The number of alkyl halides is 34. The third kappa shape index (κ3) is 8.22. The first-order valence-corrected chi connectivity index (χ1v) is 16.7. The summed E-state index contributed by atoms with van der Waals surface area (Å²) in [5.74, 6) is -121. The van der Waals surface area contributed by atoms with E-state index in [0.717, 1.165) is 0 Å². The minimum Gasteiger partial charge on any atom is -0.391 e. The predicted octanol–water partition coefficient (Wildman–Crippen LogP) is 11.8. The zero-order valence-corrected chi connectivity index (χ0v) is 29.2. The molecule has 0 aromatic rings. The Morgan fingerprint density at radius 1 is 0.311 bits per heavy atom. The Morgan fingerprint density at radius 3 is 0.656 bits per heavy atom. The van der Waals surface area contributed by atoms with Gasteiger partial charge in [-0.05, 0) is 13.8 Å². The Labute approximate surface area is 315 Å². The van der Waals surface area contributed by atoms with E-state index in [2.05, 4.69) is 8.85 Å². The fourth-order valence-electron chi connectivity index (χ4n) is 4.37. The van der Waals surface area contributed by atoms with Gasteiger partial charge in [0.1, 0.15) is 0 Å². The van der Waals surface area contributed by atoms with Crippen molar-refractivity contribution >= 4 is 8.56 Å². The van der Waals surface area contributed by atoms with Crippen LogP contribution in [0.2, 0.25) is 0 Å².